The van der Waals surface area contributed by atoms with E-state index in [0.717, 1.165) is 36.4 Å². The average molecular weight is 297 g/mol. The molecule has 1 N–H and O–H groups in total. The van der Waals surface area contributed by atoms with Crippen molar-refractivity contribution < 1.29 is 4.74 Å². The molecular weight excluding hydrogens is 278 g/mol. The van der Waals surface area contributed by atoms with E-state index in [0.29, 0.717) is 6.61 Å². The molecule has 2 rings (SSSR count). The molecule has 0 radical (unpaired) electrons. The van der Waals surface area contributed by atoms with Crippen LogP contribution in [0.25, 0.3) is 0 Å². The molecule has 2 aromatic rings. The second-order valence-electron chi connectivity index (χ2n) is 4.17. The molecule has 9 heteroatoms. The number of imidazole rings is 1. The van der Waals surface area contributed by atoms with E-state index in [4.69, 9.17) is 4.74 Å². The number of hydrogen-bond acceptors (Lipinski definition) is 7. The van der Waals surface area contributed by atoms with E-state index in [-0.39, 0.29) is 0 Å². The molecule has 0 aliphatic rings. The molecule has 20 heavy (non-hydrogen) atoms. The molecule has 0 amide bonds. The van der Waals surface area contributed by atoms with Crippen molar-refractivity contribution in [3.05, 3.63) is 18.2 Å². The van der Waals surface area contributed by atoms with Gasteiger partial charge in [0.05, 0.1) is 18.9 Å². The Kier molecular flexibility index (Phi) is 5.96. The van der Waals surface area contributed by atoms with E-state index in [1.165, 1.54) is 0 Å². The molecule has 0 unspecified atom stereocenters. The molecule has 0 saturated heterocycles. The van der Waals surface area contributed by atoms with Gasteiger partial charge in [-0.3, -0.25) is 0 Å². The van der Waals surface area contributed by atoms with Crippen molar-refractivity contribution in [2.24, 2.45) is 7.05 Å². The van der Waals surface area contributed by atoms with E-state index >= 15 is 0 Å². The van der Waals surface area contributed by atoms with Gasteiger partial charge in [-0.05, 0) is 10.4 Å². The first-order chi connectivity index (χ1) is 9.81. The van der Waals surface area contributed by atoms with Gasteiger partial charge in [0.2, 0.25) is 5.16 Å². The minimum atomic E-state index is 0.705. The van der Waals surface area contributed by atoms with Crippen molar-refractivity contribution >= 4 is 11.8 Å². The highest BCUT2D eigenvalue weighted by Crippen LogP contribution is 2.18. The lowest BCUT2D eigenvalue weighted by atomic mass is 10.6. The zero-order valence-electron chi connectivity index (χ0n) is 11.7. The predicted octanol–water partition coefficient (Wildman–Crippen LogP) is -0.0651. The molecular formula is C11H19N7OS. The Labute approximate surface area is 121 Å². The van der Waals surface area contributed by atoms with Crippen LogP contribution in [0.4, 0.5) is 0 Å². The summed E-state index contributed by atoms with van der Waals surface area (Å²) in [6.07, 6.45) is 3.72. The predicted molar refractivity (Wildman–Crippen MR) is 75.3 cm³/mol. The van der Waals surface area contributed by atoms with Crippen LogP contribution in [0.5, 0.6) is 0 Å². The molecule has 0 spiro atoms. The first-order valence-electron chi connectivity index (χ1n) is 6.36. The van der Waals surface area contributed by atoms with Crippen LogP contribution in [-0.2, 0) is 24.1 Å². The minimum Gasteiger partial charge on any atom is -0.383 e. The van der Waals surface area contributed by atoms with E-state index in [9.17, 15) is 0 Å². The van der Waals surface area contributed by atoms with Crippen molar-refractivity contribution in [3.8, 4) is 0 Å². The number of tetrazole rings is 1. The van der Waals surface area contributed by atoms with Crippen molar-refractivity contribution in [1.29, 1.82) is 0 Å². The lowest BCUT2D eigenvalue weighted by molar-refractivity contribution is 0.199. The van der Waals surface area contributed by atoms with Crippen molar-refractivity contribution in [3.63, 3.8) is 0 Å². The Morgan fingerprint density at radius 1 is 1.40 bits per heavy atom. The maximum Gasteiger partial charge on any atom is 0.209 e. The zero-order valence-corrected chi connectivity index (χ0v) is 12.5. The molecule has 2 aromatic heterocycles. The minimum absolute atomic E-state index is 0.705. The van der Waals surface area contributed by atoms with Gasteiger partial charge in [0.15, 0.2) is 0 Å². The number of rotatable bonds is 9. The highest BCUT2D eigenvalue weighted by molar-refractivity contribution is 7.98. The summed E-state index contributed by atoms with van der Waals surface area (Å²) in [5.74, 6) is 1.75. The second-order valence-corrected chi connectivity index (χ2v) is 5.11. The van der Waals surface area contributed by atoms with Crippen LogP contribution < -0.4 is 5.32 Å². The lowest BCUT2D eigenvalue weighted by Crippen LogP contribution is -2.24. The number of methoxy groups -OCH3 is 1. The molecule has 0 aliphatic heterocycles. The van der Waals surface area contributed by atoms with Gasteiger partial charge in [0.25, 0.3) is 0 Å². The van der Waals surface area contributed by atoms with Gasteiger partial charge >= 0.3 is 0 Å². The normalized spacial score (nSPS) is 11.1. The summed E-state index contributed by atoms with van der Waals surface area (Å²) >= 11 is 1.58. The van der Waals surface area contributed by atoms with Crippen LogP contribution in [0.2, 0.25) is 0 Å². The third-order valence-corrected chi connectivity index (χ3v) is 3.69. The number of thioether (sulfide) groups is 1. The molecule has 2 heterocycles. The Morgan fingerprint density at radius 3 is 3.05 bits per heavy atom. The summed E-state index contributed by atoms with van der Waals surface area (Å²) < 4.78 is 8.76. The van der Waals surface area contributed by atoms with Crippen LogP contribution in [-0.4, -0.2) is 56.6 Å². The first-order valence-corrected chi connectivity index (χ1v) is 7.34. The number of hydrogen-bond donors (Lipinski definition) is 1. The van der Waals surface area contributed by atoms with Gasteiger partial charge in [-0.1, -0.05) is 11.8 Å². The Balaban J connectivity index is 1.78. The number of nitrogens with zero attached hydrogens (tertiary/aromatic N) is 6. The van der Waals surface area contributed by atoms with E-state index in [2.05, 4.69) is 25.8 Å². The Bertz CT molecular complexity index is 512. The van der Waals surface area contributed by atoms with Crippen molar-refractivity contribution in [1.82, 2.24) is 35.1 Å². The van der Waals surface area contributed by atoms with E-state index in [1.54, 1.807) is 29.8 Å². The fraction of sp³-hybridized carbons (Fsp3) is 0.636. The number of ether oxygens (including phenoxy) is 1. The summed E-state index contributed by atoms with van der Waals surface area (Å²) in [7, 11) is 3.67. The molecule has 110 valence electrons. The molecule has 0 aliphatic carbocycles. The topological polar surface area (TPSA) is 82.7 Å². The smallest absolute Gasteiger partial charge is 0.209 e. The van der Waals surface area contributed by atoms with Crippen LogP contribution in [0.1, 0.15) is 5.82 Å². The Hall–Kier alpha value is -1.45. The molecule has 0 saturated carbocycles. The quantitative estimate of drug-likeness (QED) is 0.512. The standard InChI is InChI=1S/C11H19N7OS/c1-17-6-4-13-10(17)9-20-11-14-15-16-18(11)7-3-12-5-8-19-2/h4,6,12H,3,5,7-9H2,1-2H3. The molecule has 8 nitrogen and oxygen atoms in total. The first kappa shape index (κ1) is 14.9. The fourth-order valence-electron chi connectivity index (χ4n) is 1.59. The molecule has 0 atom stereocenters. The SMILES string of the molecule is COCCNCCn1nnnc1SCc1nccn1C. The summed E-state index contributed by atoms with van der Waals surface area (Å²) in [5.41, 5.74) is 0. The van der Waals surface area contributed by atoms with Crippen LogP contribution >= 0.6 is 11.8 Å². The number of aryl methyl sites for hydroxylation is 1. The monoisotopic (exact) mass is 297 g/mol. The molecule has 0 fully saturated rings. The number of nitrogens with one attached hydrogen (secondary N) is 1. The van der Waals surface area contributed by atoms with Crippen molar-refractivity contribution in [2.45, 2.75) is 17.5 Å². The summed E-state index contributed by atoms with van der Waals surface area (Å²) in [4.78, 5) is 4.28. The van der Waals surface area contributed by atoms with Crippen molar-refractivity contribution in [2.75, 3.05) is 26.8 Å². The van der Waals surface area contributed by atoms with Crippen LogP contribution in [0.15, 0.2) is 17.6 Å². The largest absolute Gasteiger partial charge is 0.383 e. The highest BCUT2D eigenvalue weighted by Gasteiger charge is 2.08. The summed E-state index contributed by atoms with van der Waals surface area (Å²) in [6, 6.07) is 0. The van der Waals surface area contributed by atoms with Gasteiger partial charge < -0.3 is 14.6 Å². The second kappa shape index (κ2) is 7.98. The third kappa shape index (κ3) is 4.29. The third-order valence-electron chi connectivity index (χ3n) is 2.73. The van der Waals surface area contributed by atoms with Gasteiger partial charge in [-0.2, -0.15) is 0 Å². The molecule has 0 aromatic carbocycles. The van der Waals surface area contributed by atoms with E-state index < -0.39 is 0 Å². The van der Waals surface area contributed by atoms with Gasteiger partial charge in [0.1, 0.15) is 5.82 Å². The van der Waals surface area contributed by atoms with Gasteiger partial charge in [-0.25, -0.2) is 9.67 Å². The molecule has 0 bridgehead atoms. The lowest BCUT2D eigenvalue weighted by Gasteiger charge is -2.06. The summed E-state index contributed by atoms with van der Waals surface area (Å²) in [5, 5.41) is 15.8. The zero-order chi connectivity index (χ0) is 14.2. The van der Waals surface area contributed by atoms with Crippen LogP contribution in [0, 0.1) is 0 Å². The maximum absolute atomic E-state index is 4.97. The van der Waals surface area contributed by atoms with Gasteiger partial charge in [-0.15, -0.1) is 5.10 Å². The highest BCUT2D eigenvalue weighted by atomic mass is 32.2. The average Bonchev–Trinajstić information content (AvgIpc) is 3.05. The maximum atomic E-state index is 4.97. The van der Waals surface area contributed by atoms with E-state index in [1.807, 2.05) is 17.8 Å². The van der Waals surface area contributed by atoms with Gasteiger partial charge in [0, 0.05) is 39.6 Å². The number of aromatic nitrogens is 6. The fourth-order valence-corrected chi connectivity index (χ4v) is 2.50. The Morgan fingerprint density at radius 2 is 2.30 bits per heavy atom. The van der Waals surface area contributed by atoms with Crippen LogP contribution in [0.3, 0.4) is 0 Å². The summed E-state index contributed by atoms with van der Waals surface area (Å²) in [6.45, 7) is 3.08.